The third-order valence-corrected chi connectivity index (χ3v) is 4.41. The monoisotopic (exact) mass is 424 g/mol. The molecule has 1 heterocycles. The molecule has 1 aliphatic rings. The molecule has 2 aromatic carbocycles. The van der Waals surface area contributed by atoms with E-state index in [1.165, 1.54) is 12.1 Å². The van der Waals surface area contributed by atoms with E-state index in [9.17, 15) is 19.2 Å². The molecule has 0 spiro atoms. The molecule has 1 N–H and O–H groups in total. The number of benzene rings is 2. The lowest BCUT2D eigenvalue weighted by atomic mass is 10.0. The van der Waals surface area contributed by atoms with Crippen LogP contribution in [-0.4, -0.2) is 34.5 Å². The molecule has 0 aromatic heterocycles. The SMILES string of the molecule is Cc1cc(C)cc(C(NC(=O)OC(C)(C)C)C(=O)ON2C(=O)c3ccccc3C2=O)c1. The van der Waals surface area contributed by atoms with Gasteiger partial charge in [0.15, 0.2) is 6.04 Å². The lowest BCUT2D eigenvalue weighted by Gasteiger charge is -2.24. The number of amides is 3. The Morgan fingerprint density at radius 3 is 1.94 bits per heavy atom. The highest BCUT2D eigenvalue weighted by atomic mass is 16.7. The van der Waals surface area contributed by atoms with Crippen LogP contribution in [-0.2, 0) is 14.4 Å². The number of hydroxylamine groups is 2. The van der Waals surface area contributed by atoms with Crippen molar-refractivity contribution in [2.45, 2.75) is 46.3 Å². The van der Waals surface area contributed by atoms with Crippen molar-refractivity contribution < 1.29 is 28.8 Å². The van der Waals surface area contributed by atoms with Crippen molar-refractivity contribution in [3.63, 3.8) is 0 Å². The fraction of sp³-hybridized carbons (Fsp3) is 0.304. The molecule has 8 heteroatoms. The summed E-state index contributed by atoms with van der Waals surface area (Å²) in [5.41, 5.74) is 1.65. The third kappa shape index (κ3) is 4.91. The summed E-state index contributed by atoms with van der Waals surface area (Å²) in [6, 6.07) is 10.2. The van der Waals surface area contributed by atoms with Crippen LogP contribution in [0.25, 0.3) is 0 Å². The van der Waals surface area contributed by atoms with E-state index in [2.05, 4.69) is 5.32 Å². The number of fused-ring (bicyclic) bond motifs is 1. The van der Waals surface area contributed by atoms with Crippen molar-refractivity contribution in [3.8, 4) is 0 Å². The van der Waals surface area contributed by atoms with Gasteiger partial charge < -0.3 is 14.9 Å². The van der Waals surface area contributed by atoms with Gasteiger partial charge in [-0.15, -0.1) is 0 Å². The second-order valence-electron chi connectivity index (χ2n) is 8.36. The molecule has 31 heavy (non-hydrogen) atoms. The van der Waals surface area contributed by atoms with Crippen molar-refractivity contribution in [1.29, 1.82) is 0 Å². The molecule has 3 amide bonds. The summed E-state index contributed by atoms with van der Waals surface area (Å²) in [5.74, 6) is -2.49. The highest BCUT2D eigenvalue weighted by Gasteiger charge is 2.40. The number of nitrogens with zero attached hydrogens (tertiary/aromatic N) is 1. The maximum Gasteiger partial charge on any atom is 0.408 e. The van der Waals surface area contributed by atoms with Crippen molar-refractivity contribution in [2.24, 2.45) is 0 Å². The molecule has 0 radical (unpaired) electrons. The number of hydrogen-bond donors (Lipinski definition) is 1. The van der Waals surface area contributed by atoms with Gasteiger partial charge in [0.25, 0.3) is 11.8 Å². The van der Waals surface area contributed by atoms with E-state index in [4.69, 9.17) is 9.57 Å². The van der Waals surface area contributed by atoms with Gasteiger partial charge in [0.1, 0.15) is 5.60 Å². The molecule has 0 aliphatic carbocycles. The summed E-state index contributed by atoms with van der Waals surface area (Å²) in [5, 5.41) is 2.90. The van der Waals surface area contributed by atoms with E-state index in [1.807, 2.05) is 19.9 Å². The summed E-state index contributed by atoms with van der Waals surface area (Å²) in [6.07, 6.45) is -0.837. The predicted octanol–water partition coefficient (Wildman–Crippen LogP) is 3.62. The van der Waals surface area contributed by atoms with Gasteiger partial charge in [0.05, 0.1) is 11.1 Å². The first-order valence-electron chi connectivity index (χ1n) is 9.73. The lowest BCUT2D eigenvalue weighted by molar-refractivity contribution is -0.171. The molecule has 0 bridgehead atoms. The Morgan fingerprint density at radius 2 is 1.45 bits per heavy atom. The topological polar surface area (TPSA) is 102 Å². The maximum absolute atomic E-state index is 13.0. The first-order valence-corrected chi connectivity index (χ1v) is 9.73. The molecular weight excluding hydrogens is 400 g/mol. The van der Waals surface area contributed by atoms with Crippen molar-refractivity contribution in [3.05, 3.63) is 70.3 Å². The van der Waals surface area contributed by atoms with E-state index < -0.39 is 35.5 Å². The minimum atomic E-state index is -1.29. The lowest BCUT2D eigenvalue weighted by Crippen LogP contribution is -2.42. The zero-order chi connectivity index (χ0) is 22.9. The van der Waals surface area contributed by atoms with Gasteiger partial charge in [-0.2, -0.15) is 0 Å². The molecule has 1 unspecified atom stereocenters. The zero-order valence-corrected chi connectivity index (χ0v) is 18.0. The Hall–Kier alpha value is -3.68. The predicted molar refractivity (Wildman–Crippen MR) is 111 cm³/mol. The highest BCUT2D eigenvalue weighted by molar-refractivity contribution is 6.20. The average Bonchev–Trinajstić information content (AvgIpc) is 2.89. The minimum Gasteiger partial charge on any atom is -0.444 e. The smallest absolute Gasteiger partial charge is 0.408 e. The summed E-state index contributed by atoms with van der Waals surface area (Å²) >= 11 is 0. The van der Waals surface area contributed by atoms with Crippen LogP contribution in [0.1, 0.15) is 64.2 Å². The molecule has 162 valence electrons. The van der Waals surface area contributed by atoms with Gasteiger partial charge >= 0.3 is 12.1 Å². The van der Waals surface area contributed by atoms with Crippen molar-refractivity contribution in [1.82, 2.24) is 10.4 Å². The van der Waals surface area contributed by atoms with Crippen LogP contribution in [0.4, 0.5) is 4.79 Å². The minimum absolute atomic E-state index is 0.142. The Bertz CT molecular complexity index is 1010. The van der Waals surface area contributed by atoms with Crippen LogP contribution in [0.15, 0.2) is 42.5 Å². The van der Waals surface area contributed by atoms with E-state index in [1.54, 1.807) is 45.0 Å². The Kier molecular flexibility index (Phi) is 5.83. The van der Waals surface area contributed by atoms with E-state index in [-0.39, 0.29) is 11.1 Å². The van der Waals surface area contributed by atoms with Gasteiger partial charge in [0, 0.05) is 0 Å². The molecule has 3 rings (SSSR count). The van der Waals surface area contributed by atoms with Gasteiger partial charge in [-0.05, 0) is 52.3 Å². The highest BCUT2D eigenvalue weighted by Crippen LogP contribution is 2.25. The Labute approximate surface area is 180 Å². The number of imide groups is 1. The van der Waals surface area contributed by atoms with Crippen LogP contribution in [0.2, 0.25) is 0 Å². The van der Waals surface area contributed by atoms with Crippen molar-refractivity contribution >= 4 is 23.9 Å². The Balaban J connectivity index is 1.88. The van der Waals surface area contributed by atoms with E-state index in [0.29, 0.717) is 10.6 Å². The van der Waals surface area contributed by atoms with E-state index in [0.717, 1.165) is 11.1 Å². The van der Waals surface area contributed by atoms with Gasteiger partial charge in [-0.25, -0.2) is 9.59 Å². The largest absolute Gasteiger partial charge is 0.444 e. The number of hydrogen-bond acceptors (Lipinski definition) is 6. The van der Waals surface area contributed by atoms with Gasteiger partial charge in [0.2, 0.25) is 0 Å². The standard InChI is InChI=1S/C23H24N2O6/c1-13-10-14(2)12-15(11-13)18(24-22(29)30-23(3,4)5)21(28)31-25-19(26)16-8-6-7-9-17(16)20(25)27/h6-12,18H,1-5H3,(H,24,29). The number of ether oxygens (including phenoxy) is 1. The quantitative estimate of drug-likeness (QED) is 0.752. The fourth-order valence-electron chi connectivity index (χ4n) is 3.27. The number of alkyl carbamates (subject to hydrolysis) is 1. The van der Waals surface area contributed by atoms with E-state index >= 15 is 0 Å². The summed E-state index contributed by atoms with van der Waals surface area (Å²) in [7, 11) is 0. The molecule has 0 saturated carbocycles. The molecule has 2 aromatic rings. The van der Waals surface area contributed by atoms with Crippen molar-refractivity contribution in [2.75, 3.05) is 0 Å². The molecule has 1 aliphatic heterocycles. The first kappa shape index (κ1) is 22.0. The van der Waals surface area contributed by atoms with Crippen LogP contribution in [0.3, 0.4) is 0 Å². The van der Waals surface area contributed by atoms with Crippen LogP contribution in [0.5, 0.6) is 0 Å². The van der Waals surface area contributed by atoms with Crippen LogP contribution in [0, 0.1) is 13.8 Å². The molecule has 0 saturated heterocycles. The van der Waals surface area contributed by atoms with Crippen LogP contribution < -0.4 is 5.32 Å². The summed E-state index contributed by atoms with van der Waals surface area (Å²) < 4.78 is 5.26. The molecule has 0 fully saturated rings. The summed E-state index contributed by atoms with van der Waals surface area (Å²) in [4.78, 5) is 55.6. The van der Waals surface area contributed by atoms with Gasteiger partial charge in [-0.3, -0.25) is 9.59 Å². The number of nitrogens with one attached hydrogen (secondary N) is 1. The normalized spacial score (nSPS) is 14.2. The second kappa shape index (κ2) is 8.22. The van der Waals surface area contributed by atoms with Crippen LogP contribution >= 0.6 is 0 Å². The average molecular weight is 424 g/mol. The summed E-state index contributed by atoms with van der Waals surface area (Å²) in [6.45, 7) is 8.76. The third-order valence-electron chi connectivity index (χ3n) is 4.41. The number of rotatable bonds is 4. The number of carbonyl (C=O) groups is 4. The second-order valence-corrected chi connectivity index (χ2v) is 8.36. The molecule has 1 atom stereocenters. The van der Waals surface area contributed by atoms with Gasteiger partial charge in [-0.1, -0.05) is 46.5 Å². The molecule has 8 nitrogen and oxygen atoms in total. The maximum atomic E-state index is 13.0. The first-order chi connectivity index (χ1) is 14.5. The fourth-order valence-corrected chi connectivity index (χ4v) is 3.27. The zero-order valence-electron chi connectivity index (χ0n) is 18.0. The number of aryl methyl sites for hydroxylation is 2. The number of carbonyl (C=O) groups excluding carboxylic acids is 4. The Morgan fingerprint density at radius 1 is 0.935 bits per heavy atom. The molecular formula is C23H24N2O6.